The molecule has 0 amide bonds. The molecule has 26 heavy (non-hydrogen) atoms. The lowest BCUT2D eigenvalue weighted by atomic mass is 10.3. The van der Waals surface area contributed by atoms with Crippen molar-refractivity contribution in [1.82, 2.24) is 10.2 Å². The van der Waals surface area contributed by atoms with Gasteiger partial charge >= 0.3 is 0 Å². The van der Waals surface area contributed by atoms with E-state index < -0.39 is 10.0 Å². The number of anilines is 1. The van der Waals surface area contributed by atoms with E-state index in [9.17, 15) is 8.42 Å². The molecule has 1 N–H and O–H groups in total. The van der Waals surface area contributed by atoms with Gasteiger partial charge in [-0.3, -0.25) is 4.72 Å². The van der Waals surface area contributed by atoms with Crippen molar-refractivity contribution < 1.29 is 17.6 Å². The highest BCUT2D eigenvalue weighted by molar-refractivity contribution is 7.94. The minimum Gasteiger partial charge on any atom is -0.494 e. The molecule has 0 atom stereocenters. The van der Waals surface area contributed by atoms with Gasteiger partial charge in [0, 0.05) is 11.6 Å². The summed E-state index contributed by atoms with van der Waals surface area (Å²) in [5, 5.41) is 8.05. The van der Waals surface area contributed by atoms with Gasteiger partial charge in [0.1, 0.15) is 9.96 Å². The summed E-state index contributed by atoms with van der Waals surface area (Å²) in [7, 11) is -3.68. The van der Waals surface area contributed by atoms with Gasteiger partial charge in [0.2, 0.25) is 5.89 Å². The molecular weight excluding hydrogens is 374 g/mol. The number of nitrogens with zero attached hydrogens (tertiary/aromatic N) is 2. The zero-order valence-corrected chi connectivity index (χ0v) is 15.6. The topological polar surface area (TPSA) is 94.3 Å². The van der Waals surface area contributed by atoms with E-state index in [1.165, 1.54) is 6.07 Å². The van der Waals surface area contributed by atoms with Crippen LogP contribution in [0.3, 0.4) is 0 Å². The van der Waals surface area contributed by atoms with Crippen molar-refractivity contribution in [2.24, 2.45) is 0 Å². The first kappa shape index (κ1) is 17.0. The summed E-state index contributed by atoms with van der Waals surface area (Å²) in [5.74, 6) is 2.04. The molecule has 2 heterocycles. The van der Waals surface area contributed by atoms with Crippen molar-refractivity contribution >= 4 is 27.0 Å². The standard InChI is InChI=1S/C17H17N3O4S2/c1-2-23-13-7-5-12(6-8-13)20-26(21,22)15-10-9-14(25-15)17-19-18-16(24-17)11-3-4-11/h5-11,20H,2-4H2,1H3. The largest absolute Gasteiger partial charge is 0.494 e. The number of thiophene rings is 1. The van der Waals surface area contributed by atoms with Crippen LogP contribution in [-0.4, -0.2) is 25.2 Å². The number of hydrogen-bond acceptors (Lipinski definition) is 7. The van der Waals surface area contributed by atoms with Crippen molar-refractivity contribution in [1.29, 1.82) is 0 Å². The monoisotopic (exact) mass is 391 g/mol. The molecular formula is C17H17N3O4S2. The van der Waals surface area contributed by atoms with Crippen LogP contribution in [0.4, 0.5) is 5.69 Å². The highest BCUT2D eigenvalue weighted by Gasteiger charge is 2.30. The lowest BCUT2D eigenvalue weighted by Gasteiger charge is -2.07. The quantitative estimate of drug-likeness (QED) is 0.657. The van der Waals surface area contributed by atoms with Crippen molar-refractivity contribution in [2.75, 3.05) is 11.3 Å². The fourth-order valence-corrected chi connectivity index (χ4v) is 4.69. The molecule has 3 aromatic rings. The lowest BCUT2D eigenvalue weighted by Crippen LogP contribution is -2.11. The molecule has 1 fully saturated rings. The third-order valence-corrected chi connectivity index (χ3v) is 6.79. The van der Waals surface area contributed by atoms with Crippen LogP contribution < -0.4 is 9.46 Å². The predicted molar refractivity (Wildman–Crippen MR) is 98.0 cm³/mol. The molecule has 2 aromatic heterocycles. The number of benzene rings is 1. The predicted octanol–water partition coefficient (Wildman–Crippen LogP) is 3.88. The fraction of sp³-hybridized carbons (Fsp3) is 0.294. The minimum absolute atomic E-state index is 0.188. The first-order chi connectivity index (χ1) is 12.5. The van der Waals surface area contributed by atoms with Crippen molar-refractivity contribution in [3.8, 4) is 16.5 Å². The number of aromatic nitrogens is 2. The Morgan fingerprint density at radius 1 is 1.19 bits per heavy atom. The molecule has 0 spiro atoms. The van der Waals surface area contributed by atoms with E-state index in [1.807, 2.05) is 6.92 Å². The van der Waals surface area contributed by atoms with Gasteiger partial charge in [-0.2, -0.15) is 0 Å². The van der Waals surface area contributed by atoms with E-state index in [1.54, 1.807) is 30.3 Å². The SMILES string of the molecule is CCOc1ccc(NS(=O)(=O)c2ccc(-c3nnc(C4CC4)o3)s2)cc1. The molecule has 0 unspecified atom stereocenters. The lowest BCUT2D eigenvalue weighted by molar-refractivity contribution is 0.340. The number of rotatable bonds is 7. The van der Waals surface area contributed by atoms with Gasteiger partial charge in [-0.05, 0) is 56.2 Å². The summed E-state index contributed by atoms with van der Waals surface area (Å²) in [6.07, 6.45) is 2.13. The molecule has 4 rings (SSSR count). The second-order valence-corrected chi connectivity index (χ2v) is 8.89. The van der Waals surface area contributed by atoms with E-state index in [-0.39, 0.29) is 4.21 Å². The normalized spacial score (nSPS) is 14.3. The Morgan fingerprint density at radius 2 is 1.96 bits per heavy atom. The minimum atomic E-state index is -3.68. The Kier molecular flexibility index (Phi) is 4.41. The average molecular weight is 391 g/mol. The second-order valence-electron chi connectivity index (χ2n) is 5.90. The molecule has 0 radical (unpaired) electrons. The smallest absolute Gasteiger partial charge is 0.271 e. The van der Waals surface area contributed by atoms with E-state index in [2.05, 4.69) is 14.9 Å². The molecule has 1 aliphatic carbocycles. The van der Waals surface area contributed by atoms with Gasteiger partial charge in [0.05, 0.1) is 11.5 Å². The van der Waals surface area contributed by atoms with Crippen LogP contribution in [0.2, 0.25) is 0 Å². The first-order valence-electron chi connectivity index (χ1n) is 8.24. The van der Waals surface area contributed by atoms with Crippen molar-refractivity contribution in [2.45, 2.75) is 29.9 Å². The van der Waals surface area contributed by atoms with Crippen LogP contribution in [0.5, 0.6) is 5.75 Å². The van der Waals surface area contributed by atoms with Gasteiger partial charge in [-0.1, -0.05) is 0 Å². The van der Waals surface area contributed by atoms with Crippen molar-refractivity contribution in [3.05, 3.63) is 42.3 Å². The molecule has 0 bridgehead atoms. The summed E-state index contributed by atoms with van der Waals surface area (Å²) < 4.78 is 38.9. The number of nitrogens with one attached hydrogen (secondary N) is 1. The maximum atomic E-state index is 12.6. The highest BCUT2D eigenvalue weighted by atomic mass is 32.2. The van der Waals surface area contributed by atoms with E-state index in [4.69, 9.17) is 9.15 Å². The molecule has 0 aliphatic heterocycles. The zero-order chi connectivity index (χ0) is 18.1. The zero-order valence-electron chi connectivity index (χ0n) is 14.0. The molecule has 136 valence electrons. The van der Waals surface area contributed by atoms with Crippen LogP contribution in [0, 0.1) is 0 Å². The Hall–Kier alpha value is -2.39. The number of hydrogen-bond donors (Lipinski definition) is 1. The van der Waals surface area contributed by atoms with Gasteiger partial charge < -0.3 is 9.15 Å². The van der Waals surface area contributed by atoms with Gasteiger partial charge in [0.15, 0.2) is 0 Å². The van der Waals surface area contributed by atoms with Gasteiger partial charge in [-0.25, -0.2) is 8.42 Å². The summed E-state index contributed by atoms with van der Waals surface area (Å²) in [5.41, 5.74) is 0.470. The van der Waals surface area contributed by atoms with Crippen LogP contribution in [0.25, 0.3) is 10.8 Å². The Bertz CT molecular complexity index is 1000. The third-order valence-electron chi connectivity index (χ3n) is 3.84. The third kappa shape index (κ3) is 3.58. The Balaban J connectivity index is 1.51. The molecule has 1 saturated carbocycles. The summed E-state index contributed by atoms with van der Waals surface area (Å²) >= 11 is 1.10. The summed E-state index contributed by atoms with van der Waals surface area (Å²) in [6, 6.07) is 9.99. The average Bonchev–Trinajstić information content (AvgIpc) is 3.14. The first-order valence-corrected chi connectivity index (χ1v) is 10.5. The van der Waals surface area contributed by atoms with Crippen molar-refractivity contribution in [3.63, 3.8) is 0 Å². The molecule has 1 aliphatic rings. The Labute approximate surface area is 155 Å². The molecule has 7 nitrogen and oxygen atoms in total. The fourth-order valence-electron chi connectivity index (χ4n) is 2.40. The van der Waals surface area contributed by atoms with E-state index >= 15 is 0 Å². The number of ether oxygens (including phenoxy) is 1. The van der Waals surface area contributed by atoms with Crippen LogP contribution >= 0.6 is 11.3 Å². The van der Waals surface area contributed by atoms with Crippen LogP contribution in [0.15, 0.2) is 45.0 Å². The van der Waals surface area contributed by atoms with Crippen LogP contribution in [0.1, 0.15) is 31.6 Å². The van der Waals surface area contributed by atoms with Crippen LogP contribution in [-0.2, 0) is 10.0 Å². The van der Waals surface area contributed by atoms with E-state index in [0.29, 0.717) is 40.6 Å². The highest BCUT2D eigenvalue weighted by Crippen LogP contribution is 2.40. The summed E-state index contributed by atoms with van der Waals surface area (Å²) in [4.78, 5) is 0.636. The molecule has 1 aromatic carbocycles. The summed E-state index contributed by atoms with van der Waals surface area (Å²) in [6.45, 7) is 2.45. The van der Waals surface area contributed by atoms with E-state index in [0.717, 1.165) is 24.2 Å². The molecule has 9 heteroatoms. The van der Waals surface area contributed by atoms with Gasteiger partial charge in [-0.15, -0.1) is 21.5 Å². The van der Waals surface area contributed by atoms with Gasteiger partial charge in [0.25, 0.3) is 15.9 Å². The molecule has 0 saturated heterocycles. The maximum Gasteiger partial charge on any atom is 0.271 e. The number of sulfonamides is 1. The Morgan fingerprint density at radius 3 is 2.65 bits per heavy atom. The second kappa shape index (κ2) is 6.73. The maximum absolute atomic E-state index is 12.6.